The molecule has 0 aromatic heterocycles. The molecule has 4 nitrogen and oxygen atoms in total. The van der Waals surface area contributed by atoms with Gasteiger partial charge in [0.25, 0.3) is 0 Å². The van der Waals surface area contributed by atoms with Crippen LogP contribution in [-0.2, 0) is 4.74 Å². The summed E-state index contributed by atoms with van der Waals surface area (Å²) in [6.45, 7) is 3.54. The molecule has 120 valence electrons. The lowest BCUT2D eigenvalue weighted by molar-refractivity contribution is 0.182. The van der Waals surface area contributed by atoms with Gasteiger partial charge in [-0.2, -0.15) is 0 Å². The summed E-state index contributed by atoms with van der Waals surface area (Å²) in [5.41, 5.74) is 4.50. The van der Waals surface area contributed by atoms with Crippen molar-refractivity contribution in [2.45, 2.75) is 6.10 Å². The van der Waals surface area contributed by atoms with Gasteiger partial charge in [0, 0.05) is 5.56 Å². The maximum absolute atomic E-state index is 5.79. The Morgan fingerprint density at radius 2 is 1.52 bits per heavy atom. The second-order valence-electron chi connectivity index (χ2n) is 4.71. The molecule has 0 fully saturated rings. The molecule has 0 N–H and O–H groups in total. The minimum atomic E-state index is -0.334. The quantitative estimate of drug-likeness (QED) is 0.569. The lowest BCUT2D eigenvalue weighted by Gasteiger charge is -2.20. The molecule has 0 amide bonds. The van der Waals surface area contributed by atoms with Crippen molar-refractivity contribution in [3.63, 3.8) is 0 Å². The fourth-order valence-electron chi connectivity index (χ4n) is 2.35. The van der Waals surface area contributed by atoms with Gasteiger partial charge in [-0.05, 0) is 17.7 Å². The normalized spacial score (nSPS) is 11.1. The Balaban J connectivity index is 2.56. The molecule has 0 aliphatic heterocycles. The Morgan fingerprint density at radius 1 is 0.913 bits per heavy atom. The van der Waals surface area contributed by atoms with Gasteiger partial charge in [0.05, 0.1) is 21.3 Å². The van der Waals surface area contributed by atoms with Crippen LogP contribution in [0.25, 0.3) is 0 Å². The third-order valence-electron chi connectivity index (χ3n) is 3.38. The lowest BCUT2D eigenvalue weighted by atomic mass is 10.0. The van der Waals surface area contributed by atoms with Crippen LogP contribution < -0.4 is 14.2 Å². The van der Waals surface area contributed by atoms with E-state index in [0.717, 1.165) is 11.1 Å². The predicted molar refractivity (Wildman–Crippen MR) is 89.2 cm³/mol. The molecule has 0 saturated heterocycles. The molecule has 0 aliphatic carbocycles. The van der Waals surface area contributed by atoms with Crippen molar-refractivity contribution in [3.05, 3.63) is 72.2 Å². The lowest BCUT2D eigenvalue weighted by Crippen LogP contribution is -2.05. The number of rotatable bonds is 7. The van der Waals surface area contributed by atoms with E-state index in [1.165, 1.54) is 6.26 Å². The zero-order chi connectivity index (χ0) is 16.7. The second kappa shape index (κ2) is 7.97. The molecule has 1 unspecified atom stereocenters. The first-order valence-electron chi connectivity index (χ1n) is 7.09. The summed E-state index contributed by atoms with van der Waals surface area (Å²) in [6.07, 6.45) is 1.11. The Kier molecular flexibility index (Phi) is 5.73. The van der Waals surface area contributed by atoms with Gasteiger partial charge < -0.3 is 18.9 Å². The topological polar surface area (TPSA) is 36.9 Å². The first-order valence-corrected chi connectivity index (χ1v) is 7.09. The van der Waals surface area contributed by atoms with E-state index in [-0.39, 0.29) is 6.10 Å². The van der Waals surface area contributed by atoms with Crippen LogP contribution in [0.2, 0.25) is 0 Å². The third kappa shape index (κ3) is 3.68. The molecule has 2 aromatic rings. The molecule has 2 rings (SSSR count). The highest BCUT2D eigenvalue weighted by Crippen LogP contribution is 2.41. The van der Waals surface area contributed by atoms with E-state index in [1.807, 2.05) is 42.5 Å². The fourth-order valence-corrected chi connectivity index (χ4v) is 2.35. The van der Waals surface area contributed by atoms with Gasteiger partial charge in [-0.1, -0.05) is 42.6 Å². The van der Waals surface area contributed by atoms with Gasteiger partial charge in [-0.25, -0.2) is 0 Å². The van der Waals surface area contributed by atoms with Crippen molar-refractivity contribution in [2.75, 3.05) is 21.3 Å². The molecular weight excluding hydrogens is 292 g/mol. The minimum Gasteiger partial charge on any atom is -0.493 e. The van der Waals surface area contributed by atoms with Gasteiger partial charge >= 0.3 is 0 Å². The summed E-state index contributed by atoms with van der Waals surface area (Å²) in [7, 11) is 4.75. The van der Waals surface area contributed by atoms with Gasteiger partial charge in [-0.3, -0.25) is 0 Å². The molecule has 0 heterocycles. The van der Waals surface area contributed by atoms with Crippen LogP contribution in [0.15, 0.2) is 61.0 Å². The monoisotopic (exact) mass is 312 g/mol. The molecule has 1 atom stereocenters. The Labute approximate surface area is 136 Å². The van der Waals surface area contributed by atoms with Gasteiger partial charge in [-0.15, -0.1) is 0 Å². The van der Waals surface area contributed by atoms with Crippen molar-refractivity contribution in [1.29, 1.82) is 0 Å². The highest BCUT2D eigenvalue weighted by Gasteiger charge is 2.20. The minimum absolute atomic E-state index is 0.334. The zero-order valence-corrected chi connectivity index (χ0v) is 13.5. The molecule has 0 aliphatic rings. The summed E-state index contributed by atoms with van der Waals surface area (Å²) in [5, 5.41) is 0. The fraction of sp³-hybridized carbons (Fsp3) is 0.211. The SMILES string of the molecule is C=C=COC(c1ccccc1)c1cc(OC)c(OC)c(OC)c1. The van der Waals surface area contributed by atoms with E-state index in [0.29, 0.717) is 17.2 Å². The van der Waals surface area contributed by atoms with Gasteiger partial charge in [0.2, 0.25) is 5.75 Å². The van der Waals surface area contributed by atoms with Crippen LogP contribution in [0.5, 0.6) is 17.2 Å². The van der Waals surface area contributed by atoms with E-state index >= 15 is 0 Å². The van der Waals surface area contributed by atoms with Crippen molar-refractivity contribution in [3.8, 4) is 17.2 Å². The molecule has 4 heteroatoms. The number of hydrogen-bond donors (Lipinski definition) is 0. The average molecular weight is 312 g/mol. The first kappa shape index (κ1) is 16.5. The number of ether oxygens (including phenoxy) is 4. The molecular formula is C19H20O4. The van der Waals surface area contributed by atoms with E-state index in [4.69, 9.17) is 18.9 Å². The number of hydrogen-bond acceptors (Lipinski definition) is 4. The maximum Gasteiger partial charge on any atom is 0.203 e. The van der Waals surface area contributed by atoms with Crippen LogP contribution in [0.4, 0.5) is 0 Å². The van der Waals surface area contributed by atoms with Crippen molar-refractivity contribution < 1.29 is 18.9 Å². The Morgan fingerprint density at radius 3 is 2.00 bits per heavy atom. The molecule has 0 spiro atoms. The number of benzene rings is 2. The van der Waals surface area contributed by atoms with Gasteiger partial charge in [0.15, 0.2) is 11.5 Å². The van der Waals surface area contributed by atoms with E-state index in [9.17, 15) is 0 Å². The van der Waals surface area contributed by atoms with Crippen molar-refractivity contribution >= 4 is 0 Å². The van der Waals surface area contributed by atoms with E-state index in [1.54, 1.807) is 21.3 Å². The second-order valence-corrected chi connectivity index (χ2v) is 4.71. The molecule has 0 saturated carbocycles. The molecule has 0 radical (unpaired) electrons. The van der Waals surface area contributed by atoms with Crippen LogP contribution >= 0.6 is 0 Å². The highest BCUT2D eigenvalue weighted by molar-refractivity contribution is 5.55. The zero-order valence-electron chi connectivity index (χ0n) is 13.5. The predicted octanol–water partition coefficient (Wildman–Crippen LogP) is 4.12. The smallest absolute Gasteiger partial charge is 0.203 e. The van der Waals surface area contributed by atoms with Crippen LogP contribution in [-0.4, -0.2) is 21.3 Å². The summed E-state index contributed by atoms with van der Waals surface area (Å²) in [6, 6.07) is 13.6. The van der Waals surface area contributed by atoms with Crippen molar-refractivity contribution in [1.82, 2.24) is 0 Å². The van der Waals surface area contributed by atoms with Crippen molar-refractivity contribution in [2.24, 2.45) is 0 Å². The van der Waals surface area contributed by atoms with Crippen LogP contribution in [0, 0.1) is 0 Å². The number of methoxy groups -OCH3 is 3. The molecule has 0 bridgehead atoms. The first-order chi connectivity index (χ1) is 11.2. The van der Waals surface area contributed by atoms with E-state index in [2.05, 4.69) is 12.3 Å². The third-order valence-corrected chi connectivity index (χ3v) is 3.38. The Bertz CT molecular complexity index is 663. The maximum atomic E-state index is 5.79. The van der Waals surface area contributed by atoms with Gasteiger partial charge in [0.1, 0.15) is 12.4 Å². The summed E-state index contributed by atoms with van der Waals surface area (Å²) in [4.78, 5) is 0. The Hall–Kier alpha value is -2.84. The summed E-state index contributed by atoms with van der Waals surface area (Å²) < 4.78 is 22.0. The van der Waals surface area contributed by atoms with Crippen LogP contribution in [0.1, 0.15) is 17.2 Å². The summed E-state index contributed by atoms with van der Waals surface area (Å²) >= 11 is 0. The molecule has 23 heavy (non-hydrogen) atoms. The average Bonchev–Trinajstić information content (AvgIpc) is 2.61. The molecule has 2 aromatic carbocycles. The summed E-state index contributed by atoms with van der Waals surface area (Å²) in [5.74, 6) is 1.70. The standard InChI is InChI=1S/C19H20O4/c1-5-11-23-18(14-9-7-6-8-10-14)15-12-16(20-2)19(22-4)17(13-15)21-3/h6-13,18H,1H2,2-4H3. The largest absolute Gasteiger partial charge is 0.493 e. The van der Waals surface area contributed by atoms with Crippen LogP contribution in [0.3, 0.4) is 0 Å². The van der Waals surface area contributed by atoms with E-state index < -0.39 is 0 Å². The highest BCUT2D eigenvalue weighted by atomic mass is 16.5.